The van der Waals surface area contributed by atoms with Gasteiger partial charge in [0.05, 0.1) is 0 Å². The average Bonchev–Trinajstić information content (AvgIpc) is 1.37. The van der Waals surface area contributed by atoms with E-state index in [0.29, 0.717) is 0 Å². The van der Waals surface area contributed by atoms with Crippen LogP contribution in [0.4, 0.5) is 0 Å². The van der Waals surface area contributed by atoms with Crippen molar-refractivity contribution in [2.75, 3.05) is 0 Å². The molecule has 0 aromatic carbocycles. The van der Waals surface area contributed by atoms with Crippen LogP contribution in [0.2, 0.25) is 0 Å². The Labute approximate surface area is 54.3 Å². The van der Waals surface area contributed by atoms with Crippen molar-refractivity contribution in [1.82, 2.24) is 0 Å². The zero-order valence-corrected chi connectivity index (χ0v) is 6.23. The van der Waals surface area contributed by atoms with Crippen LogP contribution in [0, 0.1) is 0 Å². The summed E-state index contributed by atoms with van der Waals surface area (Å²) in [5.41, 5.74) is 0. The van der Waals surface area contributed by atoms with Gasteiger partial charge in [-0.05, 0) is 0 Å². The van der Waals surface area contributed by atoms with E-state index in [1.54, 1.807) is 0 Å². The van der Waals surface area contributed by atoms with Gasteiger partial charge in [-0.2, -0.15) is 44.7 Å². The molecule has 0 saturated carbocycles. The van der Waals surface area contributed by atoms with Gasteiger partial charge in [0, 0.05) is 0 Å². The molecule has 0 fully saturated rings. The summed E-state index contributed by atoms with van der Waals surface area (Å²) in [6.07, 6.45) is 0. The fourth-order valence-corrected chi connectivity index (χ4v) is 0. The lowest BCUT2D eigenvalue weighted by atomic mass is 9.80. The van der Waals surface area contributed by atoms with Gasteiger partial charge in [-0.1, -0.05) is 0 Å². The highest BCUT2D eigenvalue weighted by molar-refractivity contribution is 14.2. The van der Waals surface area contributed by atoms with Crippen LogP contribution in [0.25, 0.3) is 0 Å². The van der Waals surface area contributed by atoms with E-state index in [9.17, 15) is 0 Å². The van der Waals surface area contributed by atoms with E-state index in [1.165, 1.54) is 0 Å². The van der Waals surface area contributed by atoms with Crippen LogP contribution in [-0.4, -0.2) is 10.1 Å². The van der Waals surface area contributed by atoms with Crippen LogP contribution in [0.1, 0.15) is 0 Å². The lowest BCUT2D eigenvalue weighted by molar-refractivity contribution is 4.65. The van der Waals surface area contributed by atoms with Crippen molar-refractivity contribution in [3.05, 3.63) is 0 Å². The van der Waals surface area contributed by atoms with Crippen LogP contribution in [0.5, 0.6) is 0 Å². The second kappa shape index (κ2) is 4.59. The van der Waals surface area contributed by atoms with Crippen molar-refractivity contribution in [2.45, 2.75) is 0 Å². The molecule has 0 aliphatic rings. The summed E-state index contributed by atoms with van der Waals surface area (Å²) >= 11 is 4.33. The zero-order chi connectivity index (χ0) is 3.41. The molecule has 2 radical (unpaired) electrons. The first-order valence-corrected chi connectivity index (χ1v) is 3.26. The Morgan fingerprint density at radius 2 is 1.25 bits per heavy atom. The van der Waals surface area contributed by atoms with Crippen molar-refractivity contribution < 1.29 is 0 Å². The van der Waals surface area contributed by atoms with E-state index in [0.717, 1.165) is 0 Å². The van der Waals surface area contributed by atoms with Crippen molar-refractivity contribution in [3.8, 4) is 0 Å². The van der Waals surface area contributed by atoms with Crippen LogP contribution >= 0.6 is 44.7 Å². The molecular formula is B2I2. The predicted molar refractivity (Wildman–Crippen MR) is 39.5 cm³/mol. The molecule has 4 heavy (non-hydrogen) atoms. The highest BCUT2D eigenvalue weighted by Crippen LogP contribution is 1.76. The lowest BCUT2D eigenvalue weighted by Gasteiger charge is -1.55. The third-order valence-electron chi connectivity index (χ3n) is 0.0476. The van der Waals surface area contributed by atoms with Crippen molar-refractivity contribution in [3.63, 3.8) is 0 Å². The molecule has 0 amide bonds. The summed E-state index contributed by atoms with van der Waals surface area (Å²) < 4.78 is 0. The first kappa shape index (κ1) is 5.59. The molecule has 0 saturated heterocycles. The van der Waals surface area contributed by atoms with Gasteiger partial charge in [0.25, 0.3) is 0 Å². The Balaban J connectivity index is 1.97. The molecule has 0 atom stereocenters. The van der Waals surface area contributed by atoms with E-state index in [-0.39, 0.29) is 0 Å². The van der Waals surface area contributed by atoms with Crippen molar-refractivity contribution >= 4 is 54.8 Å². The molecule has 0 rings (SSSR count). The molecule has 0 N–H and O–H groups in total. The maximum atomic E-state index is 2.16. The summed E-state index contributed by atoms with van der Waals surface area (Å²) in [5, 5.41) is 3.91. The van der Waals surface area contributed by atoms with Gasteiger partial charge in [0.1, 0.15) is 0 Å². The normalized spacial score (nSPS) is 5.50. The Morgan fingerprint density at radius 3 is 1.25 bits per heavy atom. The Hall–Kier alpha value is 1.59. The standard InChI is InChI=1S/B2I2/c3-1-2-4. The van der Waals surface area contributed by atoms with E-state index in [1.807, 2.05) is 10.1 Å². The van der Waals surface area contributed by atoms with Gasteiger partial charge in [-0.3, -0.25) is 0 Å². The second-order valence-electron chi connectivity index (χ2n) is 0.252. The smallest absolute Gasteiger partial charge is 0.169 e. The van der Waals surface area contributed by atoms with E-state index in [4.69, 9.17) is 0 Å². The average molecular weight is 275 g/mol. The summed E-state index contributed by atoms with van der Waals surface area (Å²) in [4.78, 5) is 0. The predicted octanol–water partition coefficient (Wildman–Crippen LogP) is 1.01. The van der Waals surface area contributed by atoms with Crippen LogP contribution < -0.4 is 0 Å². The van der Waals surface area contributed by atoms with E-state index >= 15 is 0 Å². The number of rotatable bonds is 1. The lowest BCUT2D eigenvalue weighted by Crippen LogP contribution is -1.76. The fourth-order valence-electron chi connectivity index (χ4n) is 0. The molecule has 0 heterocycles. The maximum absolute atomic E-state index is 2.16. The first-order valence-electron chi connectivity index (χ1n) is 0.770. The van der Waals surface area contributed by atoms with Gasteiger partial charge >= 0.3 is 0 Å². The third kappa shape index (κ3) is 3.59. The number of halogens is 2. The molecule has 0 unspecified atom stereocenters. The SMILES string of the molecule is I[B][B]I. The minimum absolute atomic E-state index is 1.96. The molecule has 4 heteroatoms. The zero-order valence-electron chi connectivity index (χ0n) is 1.91. The van der Waals surface area contributed by atoms with E-state index < -0.39 is 0 Å². The van der Waals surface area contributed by atoms with E-state index in [2.05, 4.69) is 44.7 Å². The highest BCUT2D eigenvalue weighted by Gasteiger charge is 1.70. The Kier molecular flexibility index (Phi) is 6.41. The third-order valence-corrected chi connectivity index (χ3v) is 2.14. The minimum atomic E-state index is 1.96. The molecule has 0 spiro atoms. The molecule has 0 aliphatic carbocycles. The summed E-state index contributed by atoms with van der Waals surface area (Å²) in [5.74, 6) is 0. The molecule has 0 aromatic heterocycles. The largest absolute Gasteiger partial charge is 0.169 e. The quantitative estimate of drug-likeness (QED) is 0.495. The van der Waals surface area contributed by atoms with Gasteiger partial charge in [-0.25, -0.2) is 0 Å². The van der Waals surface area contributed by atoms with Crippen LogP contribution in [-0.2, 0) is 0 Å². The number of hydrogen-bond acceptors (Lipinski definition) is 0. The molecule has 0 nitrogen and oxygen atoms in total. The maximum Gasteiger partial charge on any atom is 0.169 e. The van der Waals surface area contributed by atoms with Crippen LogP contribution in [0.3, 0.4) is 0 Å². The van der Waals surface area contributed by atoms with Crippen LogP contribution in [0.15, 0.2) is 0 Å². The molecule has 0 aromatic rings. The number of hydrogen-bond donors (Lipinski definition) is 0. The Morgan fingerprint density at radius 1 is 1.00 bits per heavy atom. The van der Waals surface area contributed by atoms with Crippen molar-refractivity contribution in [2.24, 2.45) is 0 Å². The fraction of sp³-hybridized carbons (Fsp3) is 0. The summed E-state index contributed by atoms with van der Waals surface area (Å²) in [6.45, 7) is 0. The summed E-state index contributed by atoms with van der Waals surface area (Å²) in [6, 6.07) is 0. The molecule has 0 aliphatic heterocycles. The molecule has 20 valence electrons. The van der Waals surface area contributed by atoms with Gasteiger partial charge < -0.3 is 0 Å². The minimum Gasteiger partial charge on any atom is -0.169 e. The monoisotopic (exact) mass is 276 g/mol. The van der Waals surface area contributed by atoms with Crippen molar-refractivity contribution in [1.29, 1.82) is 0 Å². The molecule has 0 bridgehead atoms. The topological polar surface area (TPSA) is 0 Å². The first-order chi connectivity index (χ1) is 1.91. The summed E-state index contributed by atoms with van der Waals surface area (Å²) in [7, 11) is 0. The molecular weight excluding hydrogens is 275 g/mol. The van der Waals surface area contributed by atoms with Gasteiger partial charge in [0.15, 0.2) is 10.1 Å². The van der Waals surface area contributed by atoms with Gasteiger partial charge in [0.2, 0.25) is 0 Å². The second-order valence-corrected chi connectivity index (χ2v) is 1.69. The highest BCUT2D eigenvalue weighted by atomic mass is 127. The van der Waals surface area contributed by atoms with Gasteiger partial charge in [-0.15, -0.1) is 0 Å². The Bertz CT molecular complexity index is 6.00.